The van der Waals surface area contributed by atoms with E-state index in [1.807, 2.05) is 30.3 Å². The van der Waals surface area contributed by atoms with Crippen LogP contribution in [0.3, 0.4) is 0 Å². The number of aryl methyl sites for hydroxylation is 2. The van der Waals surface area contributed by atoms with E-state index < -0.39 is 10.0 Å². The largest absolute Gasteiger partial charge is 0.349 e. The number of sulfonamides is 1. The van der Waals surface area contributed by atoms with E-state index in [1.54, 1.807) is 0 Å². The van der Waals surface area contributed by atoms with Crippen molar-refractivity contribution in [3.05, 3.63) is 70.8 Å². The molecule has 0 bridgehead atoms. The van der Waals surface area contributed by atoms with Crippen molar-refractivity contribution >= 4 is 15.9 Å². The molecule has 6 heteroatoms. The molecular formula is C24H32N2O3S. The van der Waals surface area contributed by atoms with Crippen LogP contribution in [0.4, 0.5) is 0 Å². The van der Waals surface area contributed by atoms with Crippen molar-refractivity contribution in [2.75, 3.05) is 13.1 Å². The Morgan fingerprint density at radius 2 is 1.73 bits per heavy atom. The van der Waals surface area contributed by atoms with E-state index in [0.717, 1.165) is 17.5 Å². The number of rotatable bonds is 7. The highest BCUT2D eigenvalue weighted by atomic mass is 32.2. The van der Waals surface area contributed by atoms with Gasteiger partial charge in [0.1, 0.15) is 0 Å². The number of amides is 1. The second-order valence-electron chi connectivity index (χ2n) is 8.23. The first-order chi connectivity index (χ1) is 14.3. The maximum Gasteiger partial charge on any atom is 0.223 e. The molecule has 162 valence electrons. The number of carbonyl (C=O) groups is 1. The van der Waals surface area contributed by atoms with Crippen molar-refractivity contribution in [3.63, 3.8) is 0 Å². The Hall–Kier alpha value is -2.18. The SMILES string of the molecule is CC[C@H](NC(=O)C1CCN(S(=O)(=O)Cc2ccccc2)CC1)c1ccc(C)c(C)c1. The van der Waals surface area contributed by atoms with Crippen LogP contribution >= 0.6 is 0 Å². The number of nitrogens with zero attached hydrogens (tertiary/aromatic N) is 1. The number of hydrogen-bond acceptors (Lipinski definition) is 3. The van der Waals surface area contributed by atoms with Crippen molar-refractivity contribution in [1.29, 1.82) is 0 Å². The highest BCUT2D eigenvalue weighted by molar-refractivity contribution is 7.88. The van der Waals surface area contributed by atoms with Crippen molar-refractivity contribution in [1.82, 2.24) is 9.62 Å². The molecule has 5 nitrogen and oxygen atoms in total. The average Bonchev–Trinajstić information content (AvgIpc) is 2.74. The minimum atomic E-state index is -3.36. The average molecular weight is 429 g/mol. The number of benzene rings is 2. The quantitative estimate of drug-likeness (QED) is 0.722. The van der Waals surface area contributed by atoms with Crippen LogP contribution in [-0.2, 0) is 20.6 Å². The summed E-state index contributed by atoms with van der Waals surface area (Å²) >= 11 is 0. The normalized spacial score (nSPS) is 16.9. The lowest BCUT2D eigenvalue weighted by Gasteiger charge is -2.31. The predicted molar refractivity (Wildman–Crippen MR) is 120 cm³/mol. The van der Waals surface area contributed by atoms with Gasteiger partial charge in [0, 0.05) is 19.0 Å². The van der Waals surface area contributed by atoms with Crippen molar-refractivity contribution in [2.45, 2.75) is 51.8 Å². The Bertz CT molecular complexity index is 965. The lowest BCUT2D eigenvalue weighted by Crippen LogP contribution is -2.44. The lowest BCUT2D eigenvalue weighted by molar-refractivity contribution is -0.126. The summed E-state index contributed by atoms with van der Waals surface area (Å²) in [5.74, 6) is -0.107. The van der Waals surface area contributed by atoms with Gasteiger partial charge in [-0.2, -0.15) is 0 Å². The summed E-state index contributed by atoms with van der Waals surface area (Å²) in [6.07, 6.45) is 1.94. The van der Waals surface area contributed by atoms with E-state index in [0.29, 0.717) is 25.9 Å². The van der Waals surface area contributed by atoms with E-state index in [1.165, 1.54) is 15.4 Å². The predicted octanol–water partition coefficient (Wildman–Crippen LogP) is 4.11. The highest BCUT2D eigenvalue weighted by Crippen LogP contribution is 2.25. The second-order valence-corrected chi connectivity index (χ2v) is 10.2. The molecule has 1 heterocycles. The molecule has 3 rings (SSSR count). The molecule has 0 saturated carbocycles. The van der Waals surface area contributed by atoms with Crippen LogP contribution in [-0.4, -0.2) is 31.7 Å². The molecule has 1 amide bonds. The number of hydrogen-bond donors (Lipinski definition) is 1. The first kappa shape index (κ1) is 22.5. The van der Waals surface area contributed by atoms with Gasteiger partial charge in [-0.25, -0.2) is 12.7 Å². The molecule has 2 aromatic rings. The topological polar surface area (TPSA) is 66.5 Å². The smallest absolute Gasteiger partial charge is 0.223 e. The fourth-order valence-electron chi connectivity index (χ4n) is 3.96. The number of nitrogens with one attached hydrogen (secondary N) is 1. The number of carbonyl (C=O) groups excluding carboxylic acids is 1. The summed E-state index contributed by atoms with van der Waals surface area (Å²) in [5.41, 5.74) is 4.37. The van der Waals surface area contributed by atoms with Crippen molar-refractivity contribution in [2.24, 2.45) is 5.92 Å². The molecule has 0 aromatic heterocycles. The maximum absolute atomic E-state index is 12.9. The van der Waals surface area contributed by atoms with Crippen LogP contribution in [0.1, 0.15) is 54.5 Å². The zero-order valence-corrected chi connectivity index (χ0v) is 18.9. The van der Waals surface area contributed by atoms with Gasteiger partial charge in [0.05, 0.1) is 11.8 Å². The fraction of sp³-hybridized carbons (Fsp3) is 0.458. The molecule has 1 fully saturated rings. The minimum absolute atomic E-state index is 0.00931. The van der Waals surface area contributed by atoms with Crippen LogP contribution in [0.15, 0.2) is 48.5 Å². The van der Waals surface area contributed by atoms with Gasteiger partial charge in [-0.15, -0.1) is 0 Å². The van der Waals surface area contributed by atoms with E-state index in [9.17, 15) is 13.2 Å². The first-order valence-electron chi connectivity index (χ1n) is 10.7. The van der Waals surface area contributed by atoms with E-state index in [2.05, 4.69) is 44.3 Å². The van der Waals surface area contributed by atoms with Crippen molar-refractivity contribution < 1.29 is 13.2 Å². The molecule has 0 spiro atoms. The standard InChI is InChI=1S/C24H32N2O3S/c1-4-23(22-11-10-18(2)19(3)16-22)25-24(27)21-12-14-26(15-13-21)30(28,29)17-20-8-6-5-7-9-20/h5-11,16,21,23H,4,12-15,17H2,1-3H3,(H,25,27)/t23-/m0/s1. The zero-order chi connectivity index (χ0) is 21.7. The van der Waals surface area contributed by atoms with Crippen LogP contribution in [0.2, 0.25) is 0 Å². The summed E-state index contributed by atoms with van der Waals surface area (Å²) in [6, 6.07) is 15.5. The summed E-state index contributed by atoms with van der Waals surface area (Å²) in [4.78, 5) is 12.9. The number of piperidine rings is 1. The third kappa shape index (κ3) is 5.49. The Labute approximate surface area is 180 Å². The van der Waals surface area contributed by atoms with E-state index in [-0.39, 0.29) is 23.6 Å². The molecule has 0 unspecified atom stereocenters. The Morgan fingerprint density at radius 3 is 2.33 bits per heavy atom. The third-order valence-electron chi connectivity index (χ3n) is 6.07. The van der Waals surface area contributed by atoms with Gasteiger partial charge >= 0.3 is 0 Å². The van der Waals surface area contributed by atoms with Gasteiger partial charge in [0.15, 0.2) is 0 Å². The molecule has 2 aromatic carbocycles. The Kier molecular flexibility index (Phi) is 7.32. The summed E-state index contributed by atoms with van der Waals surface area (Å²) in [7, 11) is -3.36. The maximum atomic E-state index is 12.9. The Balaban J connectivity index is 1.57. The molecule has 0 aliphatic carbocycles. The molecule has 1 N–H and O–H groups in total. The van der Waals surface area contributed by atoms with Crippen LogP contribution < -0.4 is 5.32 Å². The molecule has 1 atom stereocenters. The monoisotopic (exact) mass is 428 g/mol. The fourth-order valence-corrected chi connectivity index (χ4v) is 5.53. The van der Waals surface area contributed by atoms with Gasteiger partial charge in [0.2, 0.25) is 15.9 Å². The molecule has 1 aliphatic heterocycles. The van der Waals surface area contributed by atoms with Gasteiger partial charge in [-0.05, 0) is 55.4 Å². The zero-order valence-electron chi connectivity index (χ0n) is 18.1. The molecule has 30 heavy (non-hydrogen) atoms. The lowest BCUT2D eigenvalue weighted by atomic mass is 9.95. The molecule has 1 saturated heterocycles. The van der Waals surface area contributed by atoms with Gasteiger partial charge < -0.3 is 5.32 Å². The van der Waals surface area contributed by atoms with Crippen LogP contribution in [0, 0.1) is 19.8 Å². The summed E-state index contributed by atoms with van der Waals surface area (Å²) < 4.78 is 27.0. The van der Waals surface area contributed by atoms with Gasteiger partial charge in [-0.3, -0.25) is 4.79 Å². The molecular weight excluding hydrogens is 396 g/mol. The second kappa shape index (κ2) is 9.75. The first-order valence-corrected chi connectivity index (χ1v) is 12.3. The summed E-state index contributed by atoms with van der Waals surface area (Å²) in [6.45, 7) is 7.03. The van der Waals surface area contributed by atoms with E-state index >= 15 is 0 Å². The van der Waals surface area contributed by atoms with Gasteiger partial charge in [0.25, 0.3) is 0 Å². The summed E-state index contributed by atoms with van der Waals surface area (Å²) in [5, 5.41) is 3.19. The van der Waals surface area contributed by atoms with Crippen LogP contribution in [0.5, 0.6) is 0 Å². The highest BCUT2D eigenvalue weighted by Gasteiger charge is 2.31. The third-order valence-corrected chi connectivity index (χ3v) is 7.92. The Morgan fingerprint density at radius 1 is 1.07 bits per heavy atom. The van der Waals surface area contributed by atoms with E-state index in [4.69, 9.17) is 0 Å². The minimum Gasteiger partial charge on any atom is -0.349 e. The van der Waals surface area contributed by atoms with Gasteiger partial charge in [-0.1, -0.05) is 55.5 Å². The van der Waals surface area contributed by atoms with Crippen molar-refractivity contribution in [3.8, 4) is 0 Å². The molecule has 0 radical (unpaired) electrons. The van der Waals surface area contributed by atoms with Crippen LogP contribution in [0.25, 0.3) is 0 Å². The molecule has 1 aliphatic rings.